The number of aryl methyl sites for hydroxylation is 2. The Morgan fingerprint density at radius 3 is 2.50 bits per heavy atom. The lowest BCUT2D eigenvalue weighted by Gasteiger charge is -2.25. The van der Waals surface area contributed by atoms with Crippen LogP contribution >= 0.6 is 0 Å². The minimum atomic E-state index is -4.54. The zero-order valence-corrected chi connectivity index (χ0v) is 19.3. The van der Waals surface area contributed by atoms with Crippen molar-refractivity contribution in [1.82, 2.24) is 9.88 Å². The number of aliphatic hydroxyl groups excluding tert-OH is 1. The van der Waals surface area contributed by atoms with Gasteiger partial charge in [0.2, 0.25) is 0 Å². The van der Waals surface area contributed by atoms with E-state index in [0.717, 1.165) is 43.4 Å². The van der Waals surface area contributed by atoms with E-state index in [9.17, 15) is 27.9 Å². The molecule has 2 heterocycles. The molecule has 8 heteroatoms. The lowest BCUT2D eigenvalue weighted by Crippen LogP contribution is -2.29. The molecule has 5 nitrogen and oxygen atoms in total. The van der Waals surface area contributed by atoms with Crippen molar-refractivity contribution in [2.24, 2.45) is 0 Å². The summed E-state index contributed by atoms with van der Waals surface area (Å²) in [5.41, 5.74) is 2.48. The molecule has 5 rings (SSSR count). The predicted molar refractivity (Wildman–Crippen MR) is 127 cm³/mol. The maximum Gasteiger partial charge on any atom is 0.416 e. The van der Waals surface area contributed by atoms with Gasteiger partial charge in [-0.15, -0.1) is 0 Å². The molecule has 1 fully saturated rings. The number of aliphatic hydroxyl groups is 1. The van der Waals surface area contributed by atoms with Crippen molar-refractivity contribution >= 4 is 17.4 Å². The normalized spacial score (nSPS) is 19.4. The van der Waals surface area contributed by atoms with Crippen LogP contribution in [0.1, 0.15) is 52.3 Å². The molecule has 1 aliphatic heterocycles. The van der Waals surface area contributed by atoms with Gasteiger partial charge in [-0.2, -0.15) is 13.2 Å². The lowest BCUT2D eigenvalue weighted by molar-refractivity contribution is -0.140. The van der Waals surface area contributed by atoms with Crippen molar-refractivity contribution < 1.29 is 27.9 Å². The number of amides is 1. The maximum atomic E-state index is 13.3. The highest BCUT2D eigenvalue weighted by Crippen LogP contribution is 2.41. The first-order valence-corrected chi connectivity index (χ1v) is 11.7. The average molecular weight is 492 g/mol. The number of fused-ring (bicyclic) bond motifs is 1. The number of nitrogens with zero attached hydrogens (tertiary/aromatic N) is 2. The Bertz CT molecular complexity index is 1370. The van der Waals surface area contributed by atoms with Gasteiger partial charge in [0.25, 0.3) is 11.7 Å². The van der Waals surface area contributed by atoms with Gasteiger partial charge < -0.3 is 10.0 Å². The van der Waals surface area contributed by atoms with Gasteiger partial charge >= 0.3 is 6.18 Å². The van der Waals surface area contributed by atoms with Crippen molar-refractivity contribution in [2.75, 3.05) is 0 Å². The SMILES string of the molecule is O=C1C(=O)N(Cc2cccc(C(F)(F)F)c2)C(c2cccnc2)/C1=C(/O)c1ccc2c(c1)CCCC2. The van der Waals surface area contributed by atoms with Crippen molar-refractivity contribution in [2.45, 2.75) is 44.4 Å². The number of aromatic nitrogens is 1. The maximum absolute atomic E-state index is 13.3. The molecule has 1 saturated heterocycles. The Balaban J connectivity index is 1.60. The second kappa shape index (κ2) is 9.26. The van der Waals surface area contributed by atoms with Crippen LogP contribution in [0, 0.1) is 0 Å². The molecule has 2 aromatic carbocycles. The molecule has 184 valence electrons. The van der Waals surface area contributed by atoms with Crippen molar-refractivity contribution in [1.29, 1.82) is 0 Å². The Morgan fingerprint density at radius 1 is 1.00 bits per heavy atom. The summed E-state index contributed by atoms with van der Waals surface area (Å²) in [5, 5.41) is 11.3. The van der Waals surface area contributed by atoms with Crippen molar-refractivity contribution in [3.63, 3.8) is 0 Å². The summed E-state index contributed by atoms with van der Waals surface area (Å²) in [6, 6.07) is 12.5. The molecule has 2 aliphatic rings. The summed E-state index contributed by atoms with van der Waals surface area (Å²) in [5.74, 6) is -2.08. The third-order valence-electron chi connectivity index (χ3n) is 6.77. The molecular weight excluding hydrogens is 469 g/mol. The zero-order chi connectivity index (χ0) is 25.4. The summed E-state index contributed by atoms with van der Waals surface area (Å²) in [6.45, 7) is -0.241. The smallest absolute Gasteiger partial charge is 0.416 e. The van der Waals surface area contributed by atoms with Crippen molar-refractivity contribution in [3.8, 4) is 0 Å². The quantitative estimate of drug-likeness (QED) is 0.292. The third kappa shape index (κ3) is 4.39. The van der Waals surface area contributed by atoms with Gasteiger partial charge in [-0.3, -0.25) is 14.6 Å². The number of hydrogen-bond acceptors (Lipinski definition) is 4. The van der Waals surface area contributed by atoms with Crippen LogP contribution in [0.5, 0.6) is 0 Å². The van der Waals surface area contributed by atoms with E-state index in [4.69, 9.17) is 0 Å². The summed E-state index contributed by atoms with van der Waals surface area (Å²) in [7, 11) is 0. The Labute approximate surface area is 205 Å². The second-order valence-corrected chi connectivity index (χ2v) is 9.10. The molecule has 0 saturated carbocycles. The fourth-order valence-electron chi connectivity index (χ4n) is 5.01. The zero-order valence-electron chi connectivity index (χ0n) is 19.3. The Hall–Kier alpha value is -3.94. The van der Waals surface area contributed by atoms with Gasteiger partial charge in [0.05, 0.1) is 17.2 Å². The van der Waals surface area contributed by atoms with Crippen LogP contribution in [0.25, 0.3) is 5.76 Å². The van der Waals surface area contributed by atoms with Crippen LogP contribution in [0.3, 0.4) is 0 Å². The van der Waals surface area contributed by atoms with E-state index in [0.29, 0.717) is 11.1 Å². The molecule has 0 radical (unpaired) electrons. The van der Waals surface area contributed by atoms with Gasteiger partial charge in [0.1, 0.15) is 5.76 Å². The molecule has 1 N–H and O–H groups in total. The standard InChI is InChI=1S/C28H23F3N2O3/c29-28(30,31)22-9-3-5-17(13-22)16-33-24(21-8-4-12-32-15-21)23(26(35)27(33)36)25(34)20-11-10-18-6-1-2-7-19(18)14-20/h3-5,8-15,24,34H,1-2,6-7,16H2/b25-23-. The van der Waals surface area contributed by atoms with Crippen LogP contribution in [0.4, 0.5) is 13.2 Å². The average Bonchev–Trinajstić information content (AvgIpc) is 3.13. The van der Waals surface area contributed by atoms with Gasteiger partial charge in [0, 0.05) is 24.5 Å². The summed E-state index contributed by atoms with van der Waals surface area (Å²) in [6.07, 6.45) is 2.43. The van der Waals surface area contributed by atoms with E-state index < -0.39 is 29.5 Å². The highest BCUT2D eigenvalue weighted by Gasteiger charge is 2.46. The number of benzene rings is 2. The fraction of sp³-hybridized carbons (Fsp3) is 0.250. The summed E-state index contributed by atoms with van der Waals surface area (Å²) in [4.78, 5) is 31.6. The topological polar surface area (TPSA) is 70.5 Å². The predicted octanol–water partition coefficient (Wildman–Crippen LogP) is 5.60. The molecule has 1 aromatic heterocycles. The van der Waals surface area contributed by atoms with E-state index in [1.54, 1.807) is 18.2 Å². The van der Waals surface area contributed by atoms with Crippen LogP contribution in [0.2, 0.25) is 0 Å². The van der Waals surface area contributed by atoms with E-state index in [2.05, 4.69) is 4.98 Å². The first-order valence-electron chi connectivity index (χ1n) is 11.7. The van der Waals surface area contributed by atoms with Crippen LogP contribution in [0.15, 0.2) is 72.6 Å². The fourth-order valence-corrected chi connectivity index (χ4v) is 5.01. The number of carbonyl (C=O) groups excluding carboxylic acids is 2. The minimum Gasteiger partial charge on any atom is -0.507 e. The first kappa shape index (κ1) is 23.8. The molecule has 1 aliphatic carbocycles. The highest BCUT2D eigenvalue weighted by atomic mass is 19.4. The molecule has 0 spiro atoms. The Kier molecular flexibility index (Phi) is 6.12. The summed E-state index contributed by atoms with van der Waals surface area (Å²) < 4.78 is 39.8. The number of carbonyl (C=O) groups is 2. The molecule has 0 bridgehead atoms. The van der Waals surface area contributed by atoms with Gasteiger partial charge in [-0.25, -0.2) is 0 Å². The van der Waals surface area contributed by atoms with Gasteiger partial charge in [-0.05, 0) is 72.2 Å². The highest BCUT2D eigenvalue weighted by molar-refractivity contribution is 6.46. The number of ketones is 1. The number of alkyl halides is 3. The third-order valence-corrected chi connectivity index (χ3v) is 6.77. The van der Waals surface area contributed by atoms with E-state index in [1.807, 2.05) is 12.1 Å². The van der Waals surface area contributed by atoms with E-state index in [-0.39, 0.29) is 23.4 Å². The number of hydrogen-bond donors (Lipinski definition) is 1. The molecular formula is C28H23F3N2O3. The first-order chi connectivity index (χ1) is 17.2. The van der Waals surface area contributed by atoms with Crippen LogP contribution in [-0.4, -0.2) is 26.7 Å². The molecule has 3 aromatic rings. The lowest BCUT2D eigenvalue weighted by atomic mass is 9.89. The van der Waals surface area contributed by atoms with Crippen LogP contribution in [-0.2, 0) is 35.2 Å². The second-order valence-electron chi connectivity index (χ2n) is 9.10. The van der Waals surface area contributed by atoms with E-state index in [1.165, 1.54) is 35.0 Å². The van der Waals surface area contributed by atoms with Crippen molar-refractivity contribution in [3.05, 3.63) is 106 Å². The molecule has 1 unspecified atom stereocenters. The van der Waals surface area contributed by atoms with E-state index >= 15 is 0 Å². The largest absolute Gasteiger partial charge is 0.507 e. The minimum absolute atomic E-state index is 0.101. The number of rotatable bonds is 4. The number of Topliss-reactive ketones (excluding diaryl/α,β-unsaturated/α-hetero) is 1. The molecule has 1 amide bonds. The number of pyridine rings is 1. The molecule has 1 atom stereocenters. The van der Waals surface area contributed by atoms with Gasteiger partial charge in [0.15, 0.2) is 0 Å². The molecule has 36 heavy (non-hydrogen) atoms. The summed E-state index contributed by atoms with van der Waals surface area (Å²) >= 11 is 0. The number of likely N-dealkylation sites (tertiary alicyclic amines) is 1. The van der Waals surface area contributed by atoms with Crippen LogP contribution < -0.4 is 0 Å². The monoisotopic (exact) mass is 492 g/mol. The number of halogens is 3. The van der Waals surface area contributed by atoms with Gasteiger partial charge in [-0.1, -0.05) is 30.3 Å². The Morgan fingerprint density at radius 2 is 1.78 bits per heavy atom.